The Kier molecular flexibility index (Phi) is 4.36. The average Bonchev–Trinajstić information content (AvgIpc) is 2.30. The molecule has 0 heteroatoms. The van der Waals surface area contributed by atoms with Crippen LogP contribution >= 0.6 is 0 Å². The monoisotopic (exact) mass is 200 g/mol. The summed E-state index contributed by atoms with van der Waals surface area (Å²) in [5, 5.41) is 2.76. The molecule has 15 heavy (non-hydrogen) atoms. The summed E-state index contributed by atoms with van der Waals surface area (Å²) in [6.45, 7) is 8.34. The zero-order valence-corrected chi connectivity index (χ0v) is 10.2. The third-order valence-electron chi connectivity index (χ3n) is 2.51. The van der Waals surface area contributed by atoms with Gasteiger partial charge in [-0.25, -0.2) is 0 Å². The summed E-state index contributed by atoms with van der Waals surface area (Å²) in [4.78, 5) is 0. The second-order valence-corrected chi connectivity index (χ2v) is 3.50. The Morgan fingerprint density at radius 2 is 1.73 bits per heavy atom. The number of hydrogen-bond donors (Lipinski definition) is 0. The molecule has 0 bridgehead atoms. The van der Waals surface area contributed by atoms with Gasteiger partial charge in [-0.3, -0.25) is 0 Å². The minimum Gasteiger partial charge on any atom is -0.0683 e. The van der Waals surface area contributed by atoms with E-state index in [1.54, 1.807) is 0 Å². The van der Waals surface area contributed by atoms with Gasteiger partial charge < -0.3 is 0 Å². The molecule has 0 fully saturated rings. The Morgan fingerprint density at radius 3 is 2.40 bits per heavy atom. The highest BCUT2D eigenvalue weighted by molar-refractivity contribution is 5.86. The van der Waals surface area contributed by atoms with Crippen molar-refractivity contribution >= 4 is 10.8 Å². The van der Waals surface area contributed by atoms with Crippen molar-refractivity contribution in [3.05, 3.63) is 47.5 Å². The lowest BCUT2D eigenvalue weighted by molar-refractivity contribution is 1.16. The van der Waals surface area contributed by atoms with Crippen molar-refractivity contribution in [2.75, 3.05) is 0 Å². The van der Waals surface area contributed by atoms with Gasteiger partial charge in [0, 0.05) is 0 Å². The van der Waals surface area contributed by atoms with Gasteiger partial charge >= 0.3 is 0 Å². The van der Waals surface area contributed by atoms with Gasteiger partial charge in [-0.15, -0.1) is 0 Å². The summed E-state index contributed by atoms with van der Waals surface area (Å²) in [5.74, 6) is 0. The highest BCUT2D eigenvalue weighted by Crippen LogP contribution is 2.20. The Hall–Kier alpha value is -1.30. The van der Waals surface area contributed by atoms with Crippen LogP contribution in [0.5, 0.6) is 0 Å². The average molecular weight is 200 g/mol. The SMILES string of the molecule is CC.CCc1cccc2cc(C)ccc12. The molecule has 0 spiro atoms. The summed E-state index contributed by atoms with van der Waals surface area (Å²) in [5.41, 5.74) is 2.78. The van der Waals surface area contributed by atoms with Crippen LogP contribution in [0, 0.1) is 6.92 Å². The van der Waals surface area contributed by atoms with Crippen molar-refractivity contribution in [2.45, 2.75) is 34.1 Å². The lowest BCUT2D eigenvalue weighted by atomic mass is 10.0. The van der Waals surface area contributed by atoms with E-state index in [4.69, 9.17) is 0 Å². The van der Waals surface area contributed by atoms with Crippen LogP contribution in [0.25, 0.3) is 10.8 Å². The van der Waals surface area contributed by atoms with E-state index >= 15 is 0 Å². The molecule has 0 saturated carbocycles. The summed E-state index contributed by atoms with van der Waals surface area (Å²) in [6, 6.07) is 13.2. The fourth-order valence-corrected chi connectivity index (χ4v) is 1.78. The minimum atomic E-state index is 1.11. The molecule has 2 aromatic rings. The molecule has 0 aliphatic carbocycles. The van der Waals surface area contributed by atoms with Crippen LogP contribution in [-0.2, 0) is 6.42 Å². The van der Waals surface area contributed by atoms with Gasteiger partial charge in [-0.1, -0.05) is 62.7 Å². The van der Waals surface area contributed by atoms with Gasteiger partial charge in [-0.2, -0.15) is 0 Å². The molecule has 0 aliphatic rings. The summed E-state index contributed by atoms with van der Waals surface area (Å²) in [6.07, 6.45) is 1.11. The first kappa shape index (κ1) is 11.8. The smallest absolute Gasteiger partial charge is 0.0152 e. The molecule has 0 N–H and O–H groups in total. The molecule has 0 aliphatic heterocycles. The van der Waals surface area contributed by atoms with Crippen LogP contribution in [0.3, 0.4) is 0 Å². The lowest BCUT2D eigenvalue weighted by Crippen LogP contribution is -1.83. The number of aryl methyl sites for hydroxylation is 2. The predicted molar refractivity (Wildman–Crippen MR) is 69.4 cm³/mol. The van der Waals surface area contributed by atoms with Gasteiger partial charge in [0.15, 0.2) is 0 Å². The van der Waals surface area contributed by atoms with Crippen molar-refractivity contribution in [1.82, 2.24) is 0 Å². The normalized spacial score (nSPS) is 9.60. The number of benzene rings is 2. The van der Waals surface area contributed by atoms with Crippen LogP contribution in [-0.4, -0.2) is 0 Å². The molecule has 0 heterocycles. The zero-order valence-electron chi connectivity index (χ0n) is 10.2. The standard InChI is InChI=1S/C13H14.C2H6/c1-3-11-5-4-6-12-9-10(2)7-8-13(11)12;1-2/h4-9H,3H2,1-2H3;1-2H3. The fraction of sp³-hybridized carbons (Fsp3) is 0.333. The van der Waals surface area contributed by atoms with Crippen molar-refractivity contribution < 1.29 is 0 Å². The van der Waals surface area contributed by atoms with Crippen molar-refractivity contribution in [1.29, 1.82) is 0 Å². The van der Waals surface area contributed by atoms with Gasteiger partial charge in [0.1, 0.15) is 0 Å². The molecule has 0 amide bonds. The topological polar surface area (TPSA) is 0 Å². The highest BCUT2D eigenvalue weighted by atomic mass is 14.0. The summed E-state index contributed by atoms with van der Waals surface area (Å²) < 4.78 is 0. The van der Waals surface area contributed by atoms with Gasteiger partial charge in [0.2, 0.25) is 0 Å². The van der Waals surface area contributed by atoms with E-state index < -0.39 is 0 Å². The lowest BCUT2D eigenvalue weighted by Gasteiger charge is -2.04. The molecule has 0 radical (unpaired) electrons. The van der Waals surface area contributed by atoms with Crippen LogP contribution in [0.15, 0.2) is 36.4 Å². The Morgan fingerprint density at radius 1 is 1.00 bits per heavy atom. The van der Waals surface area contributed by atoms with E-state index in [1.807, 2.05) is 13.8 Å². The Balaban J connectivity index is 0.000000531. The third-order valence-corrected chi connectivity index (χ3v) is 2.51. The first-order chi connectivity index (χ1) is 7.31. The first-order valence-corrected chi connectivity index (χ1v) is 5.79. The van der Waals surface area contributed by atoms with Gasteiger partial charge in [0.25, 0.3) is 0 Å². The largest absolute Gasteiger partial charge is 0.0683 e. The molecular weight excluding hydrogens is 180 g/mol. The van der Waals surface area contributed by atoms with Gasteiger partial charge in [0.05, 0.1) is 0 Å². The fourth-order valence-electron chi connectivity index (χ4n) is 1.78. The van der Waals surface area contributed by atoms with Crippen molar-refractivity contribution in [2.24, 2.45) is 0 Å². The van der Waals surface area contributed by atoms with E-state index in [9.17, 15) is 0 Å². The van der Waals surface area contributed by atoms with E-state index in [0.29, 0.717) is 0 Å². The second kappa shape index (κ2) is 5.55. The van der Waals surface area contributed by atoms with E-state index in [-0.39, 0.29) is 0 Å². The molecule has 0 atom stereocenters. The summed E-state index contributed by atoms with van der Waals surface area (Å²) in [7, 11) is 0. The maximum absolute atomic E-state index is 2.24. The van der Waals surface area contributed by atoms with Crippen molar-refractivity contribution in [3.63, 3.8) is 0 Å². The van der Waals surface area contributed by atoms with E-state index in [2.05, 4.69) is 50.2 Å². The van der Waals surface area contributed by atoms with E-state index in [0.717, 1.165) is 6.42 Å². The van der Waals surface area contributed by atoms with E-state index in [1.165, 1.54) is 21.9 Å². The maximum atomic E-state index is 2.24. The maximum Gasteiger partial charge on any atom is -0.0152 e. The quantitative estimate of drug-likeness (QED) is 0.624. The number of rotatable bonds is 1. The minimum absolute atomic E-state index is 1.11. The zero-order chi connectivity index (χ0) is 11.3. The van der Waals surface area contributed by atoms with Crippen LogP contribution in [0.1, 0.15) is 31.9 Å². The molecule has 0 unspecified atom stereocenters. The molecule has 2 rings (SSSR count). The van der Waals surface area contributed by atoms with Crippen LogP contribution < -0.4 is 0 Å². The third kappa shape index (κ3) is 2.59. The first-order valence-electron chi connectivity index (χ1n) is 5.79. The second-order valence-electron chi connectivity index (χ2n) is 3.50. The number of hydrogen-bond acceptors (Lipinski definition) is 0. The number of fused-ring (bicyclic) bond motifs is 1. The Labute approximate surface area is 92.9 Å². The predicted octanol–water partition coefficient (Wildman–Crippen LogP) is 4.74. The molecular formula is C15H20. The summed E-state index contributed by atoms with van der Waals surface area (Å²) >= 11 is 0. The van der Waals surface area contributed by atoms with Crippen LogP contribution in [0.4, 0.5) is 0 Å². The molecule has 0 aromatic heterocycles. The Bertz CT molecular complexity index is 427. The molecule has 0 nitrogen and oxygen atoms in total. The highest BCUT2D eigenvalue weighted by Gasteiger charge is 1.97. The molecule has 0 saturated heterocycles. The van der Waals surface area contributed by atoms with Crippen molar-refractivity contribution in [3.8, 4) is 0 Å². The molecule has 80 valence electrons. The molecule has 2 aromatic carbocycles. The van der Waals surface area contributed by atoms with Crippen LogP contribution in [0.2, 0.25) is 0 Å². The van der Waals surface area contributed by atoms with Gasteiger partial charge in [-0.05, 0) is 29.7 Å².